The summed E-state index contributed by atoms with van der Waals surface area (Å²) in [6.07, 6.45) is -0.534. The van der Waals surface area contributed by atoms with Crippen molar-refractivity contribution < 1.29 is 35.5 Å². The molecule has 0 aliphatic rings. The van der Waals surface area contributed by atoms with Crippen molar-refractivity contribution in [1.82, 2.24) is 24.6 Å². The van der Waals surface area contributed by atoms with Crippen LogP contribution in [0.5, 0.6) is 5.75 Å². The van der Waals surface area contributed by atoms with Crippen LogP contribution in [0, 0.1) is 5.82 Å². The van der Waals surface area contributed by atoms with Gasteiger partial charge in [-0.3, -0.25) is 9.48 Å². The van der Waals surface area contributed by atoms with Crippen molar-refractivity contribution >= 4 is 49.1 Å². The third-order valence-electron chi connectivity index (χ3n) is 7.09. The largest absolute Gasteiger partial charge is 0.494 e. The van der Waals surface area contributed by atoms with Gasteiger partial charge >= 0.3 is 12.1 Å². The standard InChI is InChI=1S/C31H30F4N6O4S/c1-46(43,44)14-12-40(30(42)31(33,34)35)11-2-3-13-45-25-8-9-27-26(17-25)29(37-20-36-27)39-24-7-10-28-22(16-24)18-38-41(28)19-21-5-4-6-23(32)15-21/h4-10,15-18,20H,2-3,11-14,19H2,1H3,(H,36,37,39). The second kappa shape index (κ2) is 13.7. The predicted molar refractivity (Wildman–Crippen MR) is 165 cm³/mol. The van der Waals surface area contributed by atoms with Gasteiger partial charge in [0, 0.05) is 35.8 Å². The lowest BCUT2D eigenvalue weighted by Crippen LogP contribution is -2.43. The molecule has 0 atom stereocenters. The lowest BCUT2D eigenvalue weighted by atomic mass is 10.2. The van der Waals surface area contributed by atoms with E-state index in [-0.39, 0.29) is 25.4 Å². The summed E-state index contributed by atoms with van der Waals surface area (Å²) < 4.78 is 83.0. The number of unbranched alkanes of at least 4 members (excludes halogenated alkanes) is 1. The maximum Gasteiger partial charge on any atom is 0.471 e. The summed E-state index contributed by atoms with van der Waals surface area (Å²) in [5, 5.41) is 9.29. The fourth-order valence-corrected chi connectivity index (χ4v) is 5.38. The molecule has 0 unspecified atom stereocenters. The summed E-state index contributed by atoms with van der Waals surface area (Å²) in [7, 11) is -3.55. The second-order valence-electron chi connectivity index (χ2n) is 10.7. The molecule has 15 heteroatoms. The third kappa shape index (κ3) is 8.47. The predicted octanol–water partition coefficient (Wildman–Crippen LogP) is 5.51. The first-order chi connectivity index (χ1) is 21.9. The highest BCUT2D eigenvalue weighted by Crippen LogP contribution is 2.29. The zero-order valence-corrected chi connectivity index (χ0v) is 25.5. The van der Waals surface area contributed by atoms with E-state index in [0.29, 0.717) is 40.3 Å². The Balaban J connectivity index is 1.21. The number of carbonyl (C=O) groups is 1. The summed E-state index contributed by atoms with van der Waals surface area (Å²) >= 11 is 0. The minimum Gasteiger partial charge on any atom is -0.494 e. The molecule has 2 aromatic heterocycles. The van der Waals surface area contributed by atoms with Crippen molar-refractivity contribution in [3.05, 3.63) is 84.6 Å². The average Bonchev–Trinajstić information content (AvgIpc) is 3.39. The number of ether oxygens (including phenoxy) is 1. The van der Waals surface area contributed by atoms with Crippen molar-refractivity contribution in [2.24, 2.45) is 0 Å². The topological polar surface area (TPSA) is 119 Å². The van der Waals surface area contributed by atoms with Gasteiger partial charge in [0.05, 0.1) is 36.1 Å². The molecule has 0 radical (unpaired) electrons. The quantitative estimate of drug-likeness (QED) is 0.130. The highest BCUT2D eigenvalue weighted by Gasteiger charge is 2.42. The van der Waals surface area contributed by atoms with Gasteiger partial charge < -0.3 is 15.0 Å². The number of nitrogens with zero attached hydrogens (tertiary/aromatic N) is 5. The zero-order valence-electron chi connectivity index (χ0n) is 24.7. The molecule has 1 N–H and O–H groups in total. The lowest BCUT2D eigenvalue weighted by Gasteiger charge is -2.23. The Kier molecular flexibility index (Phi) is 9.70. The molecule has 1 amide bonds. The highest BCUT2D eigenvalue weighted by molar-refractivity contribution is 7.90. The second-order valence-corrected chi connectivity index (χ2v) is 13.0. The van der Waals surface area contributed by atoms with Gasteiger partial charge in [0.2, 0.25) is 0 Å². The molecule has 3 aromatic carbocycles. The fraction of sp³-hybridized carbons (Fsp3) is 0.290. The summed E-state index contributed by atoms with van der Waals surface area (Å²) in [6, 6.07) is 17.3. The molecule has 10 nitrogen and oxygen atoms in total. The molecule has 0 spiro atoms. The summed E-state index contributed by atoms with van der Waals surface area (Å²) in [5.41, 5.74) is 3.07. The number of alkyl halides is 3. The van der Waals surface area contributed by atoms with Crippen LogP contribution in [0.2, 0.25) is 0 Å². The van der Waals surface area contributed by atoms with Gasteiger partial charge in [0.15, 0.2) is 0 Å². The number of aromatic nitrogens is 4. The van der Waals surface area contributed by atoms with Crippen molar-refractivity contribution in [3.63, 3.8) is 0 Å². The van der Waals surface area contributed by atoms with E-state index < -0.39 is 34.2 Å². The van der Waals surface area contributed by atoms with Gasteiger partial charge in [-0.15, -0.1) is 0 Å². The van der Waals surface area contributed by atoms with Crippen LogP contribution >= 0.6 is 0 Å². The number of sulfone groups is 1. The monoisotopic (exact) mass is 658 g/mol. The number of anilines is 2. The molecule has 0 saturated carbocycles. The molecule has 0 aliphatic heterocycles. The van der Waals surface area contributed by atoms with Crippen molar-refractivity contribution in [2.75, 3.05) is 37.0 Å². The van der Waals surface area contributed by atoms with Crippen molar-refractivity contribution in [3.8, 4) is 5.75 Å². The summed E-state index contributed by atoms with van der Waals surface area (Å²) in [6.45, 7) is -0.230. The van der Waals surface area contributed by atoms with Crippen LogP contribution in [0.15, 0.2) is 73.2 Å². The van der Waals surface area contributed by atoms with Gasteiger partial charge in [0.25, 0.3) is 0 Å². The number of hydrogen-bond acceptors (Lipinski definition) is 8. The first-order valence-electron chi connectivity index (χ1n) is 14.2. The van der Waals surface area contributed by atoms with Crippen LogP contribution in [0.1, 0.15) is 18.4 Å². The average molecular weight is 659 g/mol. The highest BCUT2D eigenvalue weighted by atomic mass is 32.2. The number of halogens is 4. The van der Waals surface area contributed by atoms with E-state index >= 15 is 0 Å². The Morgan fingerprint density at radius 1 is 1.02 bits per heavy atom. The Morgan fingerprint density at radius 2 is 1.85 bits per heavy atom. The zero-order chi connectivity index (χ0) is 32.9. The van der Waals surface area contributed by atoms with Gasteiger partial charge in [-0.25, -0.2) is 22.8 Å². The molecule has 242 valence electrons. The van der Waals surface area contributed by atoms with E-state index in [9.17, 15) is 30.8 Å². The van der Waals surface area contributed by atoms with E-state index in [4.69, 9.17) is 4.74 Å². The summed E-state index contributed by atoms with van der Waals surface area (Å²) in [5.74, 6) is -1.93. The van der Waals surface area contributed by atoms with E-state index in [1.165, 1.54) is 18.5 Å². The molecular weight excluding hydrogens is 628 g/mol. The van der Waals surface area contributed by atoms with Crippen LogP contribution in [0.25, 0.3) is 21.8 Å². The van der Waals surface area contributed by atoms with Gasteiger partial charge in [0.1, 0.15) is 33.5 Å². The molecular formula is C31H30F4N6O4S. The Bertz CT molecular complexity index is 1970. The Labute approximate surface area is 261 Å². The van der Waals surface area contributed by atoms with Gasteiger partial charge in [-0.2, -0.15) is 18.3 Å². The Morgan fingerprint density at radius 3 is 2.61 bits per heavy atom. The van der Waals surface area contributed by atoms with Crippen LogP contribution in [0.4, 0.5) is 29.1 Å². The van der Waals surface area contributed by atoms with E-state index in [0.717, 1.165) is 28.4 Å². The minimum atomic E-state index is -5.09. The molecule has 2 heterocycles. The third-order valence-corrected chi connectivity index (χ3v) is 8.01. The first-order valence-corrected chi connectivity index (χ1v) is 16.3. The molecule has 46 heavy (non-hydrogen) atoms. The Hall–Kier alpha value is -4.79. The van der Waals surface area contributed by atoms with Gasteiger partial charge in [-0.1, -0.05) is 12.1 Å². The minimum absolute atomic E-state index is 0.151. The maximum absolute atomic E-state index is 13.6. The number of amides is 1. The molecule has 0 saturated heterocycles. The van der Waals surface area contributed by atoms with Crippen LogP contribution in [-0.2, 0) is 21.2 Å². The van der Waals surface area contributed by atoms with Crippen LogP contribution < -0.4 is 10.1 Å². The SMILES string of the molecule is CS(=O)(=O)CCN(CCCCOc1ccc2ncnc(Nc3ccc4c(cnn4Cc4cccc(F)c4)c3)c2c1)C(=O)C(F)(F)F. The number of hydrogen-bond donors (Lipinski definition) is 1. The molecule has 0 bridgehead atoms. The molecule has 5 rings (SSSR count). The lowest BCUT2D eigenvalue weighted by molar-refractivity contribution is -0.185. The van der Waals surface area contributed by atoms with E-state index in [2.05, 4.69) is 20.4 Å². The van der Waals surface area contributed by atoms with E-state index in [1.54, 1.807) is 35.1 Å². The number of fused-ring (bicyclic) bond motifs is 2. The van der Waals surface area contributed by atoms with Crippen molar-refractivity contribution in [1.29, 1.82) is 0 Å². The van der Waals surface area contributed by atoms with Crippen LogP contribution in [0.3, 0.4) is 0 Å². The van der Waals surface area contributed by atoms with Crippen molar-refractivity contribution in [2.45, 2.75) is 25.6 Å². The molecule has 5 aromatic rings. The number of nitrogens with one attached hydrogen (secondary N) is 1. The fourth-order valence-electron chi connectivity index (χ4n) is 4.83. The first kappa shape index (κ1) is 32.6. The number of carbonyl (C=O) groups excluding carboxylic acids is 1. The normalized spacial score (nSPS) is 12.0. The molecule has 0 aliphatic carbocycles. The number of benzene rings is 3. The number of rotatable bonds is 13. The smallest absolute Gasteiger partial charge is 0.471 e. The summed E-state index contributed by atoms with van der Waals surface area (Å²) in [4.78, 5) is 20.9. The van der Waals surface area contributed by atoms with E-state index in [1.807, 2.05) is 24.3 Å². The maximum atomic E-state index is 13.6. The van der Waals surface area contributed by atoms with Crippen LogP contribution in [-0.4, -0.2) is 76.9 Å². The van der Waals surface area contributed by atoms with Gasteiger partial charge in [-0.05, 0) is 66.9 Å². The molecule has 0 fully saturated rings.